The van der Waals surface area contributed by atoms with Crippen LogP contribution in [0.4, 0.5) is 0 Å². The predicted molar refractivity (Wildman–Crippen MR) is 86.8 cm³/mol. The largest absolute Gasteiger partial charge is 0.491 e. The molecule has 3 heteroatoms. The molecule has 1 saturated heterocycles. The standard InChI is InChI=1S/C18H29NO2/c1-14(2)21-18-10-5-4-9-16(18)17(19-3)12-11-15-8-6-7-13-20-15/h4-5,9-10,14-15,17,19H,6-8,11-13H2,1-3H3. The van der Waals surface area contributed by atoms with Crippen LogP contribution >= 0.6 is 0 Å². The van der Waals surface area contributed by atoms with Gasteiger partial charge in [0, 0.05) is 18.2 Å². The van der Waals surface area contributed by atoms with Gasteiger partial charge in [0.15, 0.2) is 0 Å². The van der Waals surface area contributed by atoms with Gasteiger partial charge in [0.2, 0.25) is 0 Å². The van der Waals surface area contributed by atoms with Gasteiger partial charge < -0.3 is 14.8 Å². The summed E-state index contributed by atoms with van der Waals surface area (Å²) in [5.41, 5.74) is 1.25. The number of nitrogens with one attached hydrogen (secondary N) is 1. The van der Waals surface area contributed by atoms with E-state index in [1.807, 2.05) is 13.1 Å². The van der Waals surface area contributed by atoms with Crippen LogP contribution in [0.2, 0.25) is 0 Å². The van der Waals surface area contributed by atoms with Crippen molar-refractivity contribution in [2.75, 3.05) is 13.7 Å². The molecule has 1 aromatic rings. The highest BCUT2D eigenvalue weighted by Crippen LogP contribution is 2.30. The second kappa shape index (κ2) is 8.40. The molecule has 2 rings (SSSR count). The van der Waals surface area contributed by atoms with E-state index < -0.39 is 0 Å². The Hall–Kier alpha value is -1.06. The van der Waals surface area contributed by atoms with Gasteiger partial charge in [-0.3, -0.25) is 0 Å². The van der Waals surface area contributed by atoms with Crippen molar-refractivity contribution >= 4 is 0 Å². The van der Waals surface area contributed by atoms with Gasteiger partial charge in [-0.15, -0.1) is 0 Å². The lowest BCUT2D eigenvalue weighted by molar-refractivity contribution is 0.00860. The van der Waals surface area contributed by atoms with Crippen LogP contribution in [0.5, 0.6) is 5.75 Å². The van der Waals surface area contributed by atoms with Crippen molar-refractivity contribution in [2.45, 2.75) is 64.2 Å². The molecule has 1 aliphatic rings. The first-order valence-corrected chi connectivity index (χ1v) is 8.25. The molecule has 1 heterocycles. The van der Waals surface area contributed by atoms with Gasteiger partial charge in [0.05, 0.1) is 12.2 Å². The van der Waals surface area contributed by atoms with Crippen molar-refractivity contribution in [1.29, 1.82) is 0 Å². The third-order valence-electron chi connectivity index (χ3n) is 4.06. The second-order valence-corrected chi connectivity index (χ2v) is 6.11. The zero-order valence-corrected chi connectivity index (χ0v) is 13.6. The van der Waals surface area contributed by atoms with Crippen LogP contribution in [0.25, 0.3) is 0 Å². The second-order valence-electron chi connectivity index (χ2n) is 6.11. The maximum Gasteiger partial charge on any atom is 0.124 e. The molecule has 0 bridgehead atoms. The summed E-state index contributed by atoms with van der Waals surface area (Å²) in [6.07, 6.45) is 6.57. The number of benzene rings is 1. The van der Waals surface area contributed by atoms with Crippen molar-refractivity contribution in [2.24, 2.45) is 0 Å². The van der Waals surface area contributed by atoms with E-state index in [9.17, 15) is 0 Å². The molecule has 21 heavy (non-hydrogen) atoms. The Morgan fingerprint density at radius 1 is 1.29 bits per heavy atom. The number of hydrogen-bond donors (Lipinski definition) is 1. The quantitative estimate of drug-likeness (QED) is 0.821. The van der Waals surface area contributed by atoms with Gasteiger partial charge >= 0.3 is 0 Å². The minimum Gasteiger partial charge on any atom is -0.491 e. The Morgan fingerprint density at radius 3 is 2.76 bits per heavy atom. The highest BCUT2D eigenvalue weighted by Gasteiger charge is 2.19. The molecule has 0 aromatic heterocycles. The first kappa shape index (κ1) is 16.3. The summed E-state index contributed by atoms with van der Waals surface area (Å²) in [5.74, 6) is 0.997. The third kappa shape index (κ3) is 5.01. The summed E-state index contributed by atoms with van der Waals surface area (Å²) < 4.78 is 11.8. The maximum atomic E-state index is 5.95. The van der Waals surface area contributed by atoms with Crippen molar-refractivity contribution in [1.82, 2.24) is 5.32 Å². The summed E-state index contributed by atoms with van der Waals surface area (Å²) in [6.45, 7) is 5.07. The number of ether oxygens (including phenoxy) is 2. The van der Waals surface area contributed by atoms with E-state index in [1.165, 1.54) is 24.8 Å². The Morgan fingerprint density at radius 2 is 2.10 bits per heavy atom. The maximum absolute atomic E-state index is 5.95. The van der Waals surface area contributed by atoms with Crippen molar-refractivity contribution < 1.29 is 9.47 Å². The van der Waals surface area contributed by atoms with E-state index in [4.69, 9.17) is 9.47 Å². The van der Waals surface area contributed by atoms with Crippen LogP contribution in [0, 0.1) is 0 Å². The lowest BCUT2D eigenvalue weighted by atomic mass is 9.96. The molecule has 2 atom stereocenters. The van der Waals surface area contributed by atoms with Gasteiger partial charge in [-0.2, -0.15) is 0 Å². The molecule has 0 amide bonds. The number of para-hydroxylation sites is 1. The van der Waals surface area contributed by atoms with Crippen molar-refractivity contribution in [3.8, 4) is 5.75 Å². The summed E-state index contributed by atoms with van der Waals surface area (Å²) >= 11 is 0. The average Bonchev–Trinajstić information content (AvgIpc) is 2.50. The Labute approximate surface area is 129 Å². The molecule has 118 valence electrons. The van der Waals surface area contributed by atoms with Gasteiger partial charge in [-0.05, 0) is 59.1 Å². The lowest BCUT2D eigenvalue weighted by Crippen LogP contribution is -2.23. The van der Waals surface area contributed by atoms with Crippen LogP contribution in [0.3, 0.4) is 0 Å². The molecule has 1 aliphatic heterocycles. The van der Waals surface area contributed by atoms with E-state index in [0.29, 0.717) is 12.1 Å². The molecule has 0 saturated carbocycles. The van der Waals surface area contributed by atoms with Crippen LogP contribution < -0.4 is 10.1 Å². The summed E-state index contributed by atoms with van der Waals surface area (Å²) in [6, 6.07) is 8.69. The molecule has 1 aromatic carbocycles. The molecular formula is C18H29NO2. The van der Waals surface area contributed by atoms with Gasteiger partial charge in [0.25, 0.3) is 0 Å². The van der Waals surface area contributed by atoms with Crippen LogP contribution in [-0.4, -0.2) is 25.9 Å². The fourth-order valence-electron chi connectivity index (χ4n) is 2.97. The summed E-state index contributed by atoms with van der Waals surface area (Å²) in [7, 11) is 2.03. The number of hydrogen-bond acceptors (Lipinski definition) is 3. The normalized spacial score (nSPS) is 20.5. The molecule has 1 fully saturated rings. The fraction of sp³-hybridized carbons (Fsp3) is 0.667. The van der Waals surface area contributed by atoms with Crippen molar-refractivity contribution in [3.63, 3.8) is 0 Å². The SMILES string of the molecule is CNC(CCC1CCCCO1)c1ccccc1OC(C)C. The Kier molecular flexibility index (Phi) is 6.52. The highest BCUT2D eigenvalue weighted by atomic mass is 16.5. The van der Waals surface area contributed by atoms with Crippen LogP contribution in [0.1, 0.15) is 57.6 Å². The molecule has 2 unspecified atom stereocenters. The fourth-order valence-corrected chi connectivity index (χ4v) is 2.97. The zero-order chi connectivity index (χ0) is 15.1. The van der Waals surface area contributed by atoms with E-state index in [1.54, 1.807) is 0 Å². The predicted octanol–water partition coefficient (Wildman–Crippen LogP) is 4.08. The van der Waals surface area contributed by atoms with E-state index in [-0.39, 0.29) is 6.10 Å². The molecule has 0 spiro atoms. The van der Waals surface area contributed by atoms with E-state index >= 15 is 0 Å². The van der Waals surface area contributed by atoms with Gasteiger partial charge in [0.1, 0.15) is 5.75 Å². The lowest BCUT2D eigenvalue weighted by Gasteiger charge is -2.26. The smallest absolute Gasteiger partial charge is 0.124 e. The summed E-state index contributed by atoms with van der Waals surface area (Å²) in [4.78, 5) is 0. The monoisotopic (exact) mass is 291 g/mol. The van der Waals surface area contributed by atoms with E-state index in [0.717, 1.165) is 25.2 Å². The topological polar surface area (TPSA) is 30.5 Å². The first-order valence-electron chi connectivity index (χ1n) is 8.25. The van der Waals surface area contributed by atoms with Crippen LogP contribution in [0.15, 0.2) is 24.3 Å². The summed E-state index contributed by atoms with van der Waals surface area (Å²) in [5, 5.41) is 3.44. The Balaban J connectivity index is 1.99. The minimum atomic E-state index is 0.199. The third-order valence-corrected chi connectivity index (χ3v) is 4.06. The number of rotatable bonds is 7. The molecule has 3 nitrogen and oxygen atoms in total. The van der Waals surface area contributed by atoms with Crippen LogP contribution in [-0.2, 0) is 4.74 Å². The van der Waals surface area contributed by atoms with Crippen molar-refractivity contribution in [3.05, 3.63) is 29.8 Å². The zero-order valence-electron chi connectivity index (χ0n) is 13.6. The molecule has 0 aliphatic carbocycles. The Bertz CT molecular complexity index is 413. The van der Waals surface area contributed by atoms with Gasteiger partial charge in [-0.25, -0.2) is 0 Å². The first-order chi connectivity index (χ1) is 10.2. The highest BCUT2D eigenvalue weighted by molar-refractivity contribution is 5.36. The minimum absolute atomic E-state index is 0.199. The van der Waals surface area contributed by atoms with E-state index in [2.05, 4.69) is 37.4 Å². The molecular weight excluding hydrogens is 262 g/mol. The molecule has 0 radical (unpaired) electrons. The van der Waals surface area contributed by atoms with Gasteiger partial charge in [-0.1, -0.05) is 18.2 Å². The molecule has 1 N–H and O–H groups in total. The average molecular weight is 291 g/mol.